The fourth-order valence-electron chi connectivity index (χ4n) is 1.60. The molecule has 2 amide bonds. The van der Waals surface area contributed by atoms with Crippen LogP contribution in [-0.2, 0) is 9.59 Å². The van der Waals surface area contributed by atoms with Crippen LogP contribution in [0.25, 0.3) is 0 Å². The van der Waals surface area contributed by atoms with Crippen molar-refractivity contribution in [2.24, 2.45) is 0 Å². The monoisotopic (exact) mass is 380 g/mol. The third kappa shape index (κ3) is 14.6. The summed E-state index contributed by atoms with van der Waals surface area (Å²) in [5.41, 5.74) is 4.40. The molecule has 0 bridgehead atoms. The molecule has 4 nitrogen and oxygen atoms in total. The maximum atomic E-state index is 11.7. The van der Waals surface area contributed by atoms with Crippen molar-refractivity contribution >= 4 is 11.8 Å². The fraction of sp³-hybridized carbons (Fsp3) is 0.467. The largest absolute Gasteiger partial charge is 0.273 e. The summed E-state index contributed by atoms with van der Waals surface area (Å²) < 4.78 is 22.7. The van der Waals surface area contributed by atoms with E-state index in [-0.39, 0.29) is 94.2 Å². The van der Waals surface area contributed by atoms with Crippen molar-refractivity contribution in [1.82, 2.24) is 11.1 Å². The Labute approximate surface area is 196 Å². The molecular weight excluding hydrogens is 358 g/mol. The van der Waals surface area contributed by atoms with E-state index >= 15 is 0 Å². The smallest absolute Gasteiger partial charge is 0.248 e. The van der Waals surface area contributed by atoms with Crippen LogP contribution in [0.5, 0.6) is 0 Å². The van der Waals surface area contributed by atoms with E-state index in [0.717, 1.165) is 16.6 Å². The van der Waals surface area contributed by atoms with E-state index in [1.165, 1.54) is 5.56 Å². The Morgan fingerprint density at radius 1 is 1.04 bits per heavy atom. The summed E-state index contributed by atoms with van der Waals surface area (Å²) in [5.74, 6) is -1.06. The number of halogens is 2. The Kier molecular flexibility index (Phi) is 21.4. The fourth-order valence-corrected chi connectivity index (χ4v) is 1.60. The van der Waals surface area contributed by atoms with Crippen LogP contribution in [-0.4, -0.2) is 11.8 Å². The molecule has 0 saturated heterocycles. The van der Waals surface area contributed by atoms with Crippen molar-refractivity contribution in [2.75, 3.05) is 0 Å². The zero-order valence-corrected chi connectivity index (χ0v) is 14.7. The molecule has 0 saturated carbocycles. The number of benzene rings is 1. The number of hydrogen-bond donors (Lipinski definition) is 2. The molecule has 1 aromatic rings. The van der Waals surface area contributed by atoms with Gasteiger partial charge in [0, 0.05) is 88.3 Å². The van der Waals surface area contributed by atoms with Crippen LogP contribution in [0.15, 0.2) is 24.3 Å². The van der Waals surface area contributed by atoms with Crippen LogP contribution < -0.4 is 11.1 Å². The Morgan fingerprint density at radius 2 is 1.52 bits per heavy atom. The van der Waals surface area contributed by atoms with E-state index in [0.29, 0.717) is 6.42 Å². The first-order chi connectivity index (χ1) is 9.94. The molecule has 0 aliphatic heterocycles. The molecule has 1 rings (SSSR count). The number of rotatable bonds is 5. The van der Waals surface area contributed by atoms with E-state index < -0.39 is 11.8 Å². The van der Waals surface area contributed by atoms with Gasteiger partial charge in [-0.3, -0.25) is 9.59 Å². The third-order valence-corrected chi connectivity index (χ3v) is 2.83. The van der Waals surface area contributed by atoms with Gasteiger partial charge in [-0.25, -0.2) is 0 Å². The van der Waals surface area contributed by atoms with Gasteiger partial charge in [0.05, 0.1) is 0 Å². The van der Waals surface area contributed by atoms with Crippen LogP contribution >= 0.6 is 0 Å². The van der Waals surface area contributed by atoms with Crippen molar-refractivity contribution < 1.29 is 94.0 Å². The average Bonchev–Trinajstić information content (AvgIpc) is 2.48. The van der Waals surface area contributed by atoms with Gasteiger partial charge in [0.2, 0.25) is 11.8 Å². The second kappa shape index (κ2) is 17.4. The zero-order valence-electron chi connectivity index (χ0n) is 13.3. The van der Waals surface area contributed by atoms with Crippen molar-refractivity contribution in [3.8, 4) is 0 Å². The molecule has 8 heteroatoms. The van der Waals surface area contributed by atoms with Gasteiger partial charge in [-0.15, -0.1) is 8.96 Å². The van der Waals surface area contributed by atoms with Crippen LogP contribution in [0, 0.1) is 82.4 Å². The van der Waals surface area contributed by atoms with E-state index in [4.69, 9.17) is 0 Å². The van der Waals surface area contributed by atoms with Gasteiger partial charge in [0.25, 0.3) is 0 Å². The second-order valence-corrected chi connectivity index (χ2v) is 4.80. The van der Waals surface area contributed by atoms with Gasteiger partial charge in [-0.2, -0.15) is 11.1 Å². The first kappa shape index (κ1) is 28.3. The topological polar surface area (TPSA) is 58.2 Å². The molecule has 0 aliphatic rings. The summed E-state index contributed by atoms with van der Waals surface area (Å²) in [6, 6.07) is 7.90. The summed E-state index contributed by atoms with van der Waals surface area (Å²) in [6.45, 7) is 5.72. The van der Waals surface area contributed by atoms with Crippen molar-refractivity contribution in [1.29, 1.82) is 0 Å². The predicted molar refractivity (Wildman–Crippen MR) is 77.6 cm³/mol. The minimum atomic E-state index is -0.571. The molecular formula is C15H22Ar2F2N2O2. The molecule has 0 radical (unpaired) electrons. The molecule has 0 aromatic heterocycles. The minimum Gasteiger partial charge on any atom is -0.273 e. The number of carbonyl (C=O) groups is 2. The summed E-state index contributed by atoms with van der Waals surface area (Å²) in [7, 11) is 0. The van der Waals surface area contributed by atoms with Gasteiger partial charge in [-0.05, 0) is 24.8 Å². The van der Waals surface area contributed by atoms with Crippen molar-refractivity contribution in [3.05, 3.63) is 35.4 Å². The second-order valence-electron chi connectivity index (χ2n) is 4.80. The van der Waals surface area contributed by atoms with Gasteiger partial charge in [0.15, 0.2) is 0 Å². The molecule has 2 N–H and O–H groups in total. The van der Waals surface area contributed by atoms with E-state index in [2.05, 4.69) is 0 Å². The van der Waals surface area contributed by atoms with Crippen LogP contribution in [0.4, 0.5) is 8.96 Å². The molecule has 0 unspecified atom stereocenters. The quantitative estimate of drug-likeness (QED) is 0.771. The number of amides is 2. The predicted octanol–water partition coefficient (Wildman–Crippen LogP) is 3.28. The van der Waals surface area contributed by atoms with Crippen molar-refractivity contribution in [3.63, 3.8) is 0 Å². The van der Waals surface area contributed by atoms with Gasteiger partial charge >= 0.3 is 0 Å². The van der Waals surface area contributed by atoms with Crippen LogP contribution in [0.1, 0.15) is 50.2 Å². The summed E-state index contributed by atoms with van der Waals surface area (Å²) in [6.07, 6.45) is 1.14. The summed E-state index contributed by atoms with van der Waals surface area (Å²) in [5, 5.41) is 0. The Hall–Kier alpha value is 0.539. The van der Waals surface area contributed by atoms with Crippen LogP contribution in [0.2, 0.25) is 0 Å². The van der Waals surface area contributed by atoms with E-state index in [1.54, 1.807) is 0 Å². The number of carbonyl (C=O) groups excluding carboxylic acids is 2. The number of nitrogens with one attached hydrogen (secondary N) is 2. The first-order valence-corrected chi connectivity index (χ1v) is 6.80. The number of aryl methyl sites for hydroxylation is 1. The zero-order chi connectivity index (χ0) is 16.3. The Bertz CT molecular complexity index is 446. The van der Waals surface area contributed by atoms with Gasteiger partial charge < -0.3 is 0 Å². The molecule has 134 valence electrons. The molecule has 0 fully saturated rings. The third-order valence-electron chi connectivity index (χ3n) is 2.83. The maximum absolute atomic E-state index is 11.7. The summed E-state index contributed by atoms with van der Waals surface area (Å²) in [4.78, 5) is 20.7. The Balaban J connectivity index is -0.000000386. The number of hydrogen-bond acceptors (Lipinski definition) is 2. The van der Waals surface area contributed by atoms with Crippen LogP contribution in [0.3, 0.4) is 0 Å². The van der Waals surface area contributed by atoms with E-state index in [1.807, 2.05) is 45.0 Å². The molecule has 1 aromatic carbocycles. The van der Waals surface area contributed by atoms with Gasteiger partial charge in [0.1, 0.15) is 0 Å². The maximum Gasteiger partial charge on any atom is 0.248 e. The summed E-state index contributed by atoms with van der Waals surface area (Å²) >= 11 is 0. The van der Waals surface area contributed by atoms with Crippen molar-refractivity contribution in [2.45, 2.75) is 46.0 Å². The normalized spacial score (nSPS) is 9.96. The van der Waals surface area contributed by atoms with Gasteiger partial charge in [-0.1, -0.05) is 43.7 Å². The standard InChI is InChI=1S/C11H14FNO.C4H8FNO.2Ar/c1-8-3-5-10(6-4-8)9(2)7-11(14)13-12;1-2-3-4(7)6-5;;/h3-6,9H,7H2,1-2H3,(H,13,14);2-3H2,1H3,(H,6,7);;/t9-;;;/m1.../s1. The molecule has 0 heterocycles. The average molecular weight is 380 g/mol. The molecule has 0 aliphatic carbocycles. The van der Waals surface area contributed by atoms with E-state index in [9.17, 15) is 18.6 Å². The molecule has 1 atom stereocenters. The first-order valence-electron chi connectivity index (χ1n) is 6.80. The SMILES string of the molecule is CCCC(=O)NF.Cc1ccc([C@H](C)CC(=O)NF)cc1.[Ar].[Ar]. The Morgan fingerprint density at radius 3 is 1.87 bits per heavy atom. The molecule has 0 spiro atoms. The molecule has 23 heavy (non-hydrogen) atoms. The minimum absolute atomic E-state index is 0.